The van der Waals surface area contributed by atoms with Crippen LogP contribution in [0.1, 0.15) is 18.2 Å². The minimum Gasteiger partial charge on any atom is -0.358 e. The number of sulfonamides is 1. The lowest BCUT2D eigenvalue weighted by molar-refractivity contribution is 0.386. The molecule has 1 aromatic heterocycles. The molecular weight excluding hydrogens is 284 g/mol. The van der Waals surface area contributed by atoms with Crippen LogP contribution in [0.15, 0.2) is 0 Å². The Hall–Kier alpha value is -1.17. The van der Waals surface area contributed by atoms with E-state index in [1.165, 1.54) is 15.8 Å². The van der Waals surface area contributed by atoms with Gasteiger partial charge in [-0.25, -0.2) is 8.42 Å². The molecule has 0 bridgehead atoms. The van der Waals surface area contributed by atoms with Crippen LogP contribution >= 0.6 is 11.5 Å². The summed E-state index contributed by atoms with van der Waals surface area (Å²) in [5.41, 5.74) is 1.35. The normalized spacial score (nSPS) is 17.4. The van der Waals surface area contributed by atoms with Crippen molar-refractivity contribution in [3.8, 4) is 6.07 Å². The highest BCUT2D eigenvalue weighted by Crippen LogP contribution is 2.28. The van der Waals surface area contributed by atoms with Crippen LogP contribution < -0.4 is 4.90 Å². The van der Waals surface area contributed by atoms with Gasteiger partial charge < -0.3 is 4.90 Å². The quantitative estimate of drug-likeness (QED) is 0.825. The smallest absolute Gasteiger partial charge is 0.213 e. The number of hydrogen-bond acceptors (Lipinski definition) is 6. The van der Waals surface area contributed by atoms with Gasteiger partial charge in [-0.2, -0.15) is 13.9 Å². The van der Waals surface area contributed by atoms with Crippen molar-refractivity contribution in [1.82, 2.24) is 8.68 Å². The van der Waals surface area contributed by atoms with Crippen molar-refractivity contribution in [1.29, 1.82) is 5.26 Å². The standard InChI is InChI=1S/C11H16N4O2S2/c1-3-19(16,17)15-6-4-14(5-7-15)11-10(8-12)9(2)13-18-11/h3-7H2,1-2H3. The minimum atomic E-state index is -3.11. The average Bonchev–Trinajstić information content (AvgIpc) is 2.80. The van der Waals surface area contributed by atoms with Crippen molar-refractivity contribution < 1.29 is 8.42 Å². The van der Waals surface area contributed by atoms with E-state index in [1.807, 2.05) is 11.8 Å². The minimum absolute atomic E-state index is 0.135. The molecule has 0 N–H and O–H groups in total. The van der Waals surface area contributed by atoms with Crippen molar-refractivity contribution in [2.45, 2.75) is 13.8 Å². The second-order valence-electron chi connectivity index (χ2n) is 4.35. The molecule has 104 valence electrons. The predicted octanol–water partition coefficient (Wildman–Crippen LogP) is 0.795. The third kappa shape index (κ3) is 2.73. The largest absolute Gasteiger partial charge is 0.358 e. The summed E-state index contributed by atoms with van der Waals surface area (Å²) < 4.78 is 29.2. The molecule has 0 saturated carbocycles. The molecule has 8 heteroatoms. The molecule has 0 aromatic carbocycles. The summed E-state index contributed by atoms with van der Waals surface area (Å²) in [6.45, 7) is 5.62. The second-order valence-corrected chi connectivity index (χ2v) is 7.36. The monoisotopic (exact) mass is 300 g/mol. The zero-order chi connectivity index (χ0) is 14.0. The first-order valence-electron chi connectivity index (χ1n) is 6.08. The Balaban J connectivity index is 2.11. The van der Waals surface area contributed by atoms with E-state index in [0.717, 1.165) is 10.7 Å². The average molecular weight is 300 g/mol. The molecule has 1 aliphatic heterocycles. The fourth-order valence-electron chi connectivity index (χ4n) is 2.05. The second kappa shape index (κ2) is 5.45. The van der Waals surface area contributed by atoms with Crippen molar-refractivity contribution in [3.05, 3.63) is 11.3 Å². The number of nitrogens with zero attached hydrogens (tertiary/aromatic N) is 4. The summed E-state index contributed by atoms with van der Waals surface area (Å²) in [7, 11) is -3.11. The number of rotatable bonds is 3. The molecule has 1 aromatic rings. The van der Waals surface area contributed by atoms with E-state index in [9.17, 15) is 8.42 Å². The van der Waals surface area contributed by atoms with E-state index >= 15 is 0 Å². The highest BCUT2D eigenvalue weighted by atomic mass is 32.2. The predicted molar refractivity (Wildman–Crippen MR) is 74.8 cm³/mol. The number of aryl methyl sites for hydroxylation is 1. The zero-order valence-electron chi connectivity index (χ0n) is 11.0. The number of aromatic nitrogens is 1. The lowest BCUT2D eigenvalue weighted by atomic mass is 10.2. The van der Waals surface area contributed by atoms with Crippen LogP contribution in [0.5, 0.6) is 0 Å². The van der Waals surface area contributed by atoms with Crippen molar-refractivity contribution in [2.75, 3.05) is 36.8 Å². The molecule has 2 rings (SSSR count). The van der Waals surface area contributed by atoms with Gasteiger partial charge in [-0.3, -0.25) is 0 Å². The Bertz CT molecular complexity index is 595. The highest BCUT2D eigenvalue weighted by Gasteiger charge is 2.27. The number of piperazine rings is 1. The fourth-order valence-corrected chi connectivity index (χ4v) is 4.04. The zero-order valence-corrected chi connectivity index (χ0v) is 12.6. The van der Waals surface area contributed by atoms with Gasteiger partial charge >= 0.3 is 0 Å². The number of nitriles is 1. The maximum Gasteiger partial charge on any atom is 0.213 e. The van der Waals surface area contributed by atoms with Crippen LogP contribution in [0.2, 0.25) is 0 Å². The molecule has 1 aliphatic rings. The van der Waals surface area contributed by atoms with E-state index in [2.05, 4.69) is 10.4 Å². The number of anilines is 1. The first kappa shape index (κ1) is 14.2. The van der Waals surface area contributed by atoms with Crippen molar-refractivity contribution in [2.24, 2.45) is 0 Å². The molecular formula is C11H16N4O2S2. The molecule has 0 aliphatic carbocycles. The van der Waals surface area contributed by atoms with Crippen LogP contribution in [0.25, 0.3) is 0 Å². The summed E-state index contributed by atoms with van der Waals surface area (Å²) in [5.74, 6) is 0.135. The van der Waals surface area contributed by atoms with Gasteiger partial charge in [0, 0.05) is 26.2 Å². The maximum absolute atomic E-state index is 11.8. The van der Waals surface area contributed by atoms with Crippen LogP contribution in [0.4, 0.5) is 5.00 Å². The molecule has 2 heterocycles. The van der Waals surface area contributed by atoms with Gasteiger partial charge in [0.1, 0.15) is 16.6 Å². The SMILES string of the molecule is CCS(=O)(=O)N1CCN(c2snc(C)c2C#N)CC1. The van der Waals surface area contributed by atoms with Crippen LogP contribution in [-0.4, -0.2) is 49.0 Å². The highest BCUT2D eigenvalue weighted by molar-refractivity contribution is 7.89. The van der Waals surface area contributed by atoms with E-state index < -0.39 is 10.0 Å². The molecule has 6 nitrogen and oxygen atoms in total. The first-order valence-corrected chi connectivity index (χ1v) is 8.47. The summed E-state index contributed by atoms with van der Waals surface area (Å²) in [5, 5.41) is 9.98. The molecule has 19 heavy (non-hydrogen) atoms. The van der Waals surface area contributed by atoms with E-state index in [0.29, 0.717) is 31.7 Å². The van der Waals surface area contributed by atoms with Crippen LogP contribution in [0.3, 0.4) is 0 Å². The Morgan fingerprint density at radius 3 is 2.53 bits per heavy atom. The first-order chi connectivity index (χ1) is 8.99. The van der Waals surface area contributed by atoms with E-state index in [4.69, 9.17) is 5.26 Å². The fraction of sp³-hybridized carbons (Fsp3) is 0.636. The summed E-state index contributed by atoms with van der Waals surface area (Å²) in [6, 6.07) is 2.17. The number of hydrogen-bond donors (Lipinski definition) is 0. The van der Waals surface area contributed by atoms with Gasteiger partial charge in [-0.15, -0.1) is 0 Å². The van der Waals surface area contributed by atoms with Crippen molar-refractivity contribution >= 4 is 26.6 Å². The molecule has 0 radical (unpaired) electrons. The Morgan fingerprint density at radius 2 is 2.00 bits per heavy atom. The molecule has 0 amide bonds. The van der Waals surface area contributed by atoms with Gasteiger partial charge in [0.15, 0.2) is 0 Å². The Labute approximate surface area is 117 Å². The molecule has 0 atom stereocenters. The molecule has 1 saturated heterocycles. The summed E-state index contributed by atoms with van der Waals surface area (Å²) in [6.07, 6.45) is 0. The summed E-state index contributed by atoms with van der Waals surface area (Å²) >= 11 is 1.31. The molecule has 0 unspecified atom stereocenters. The van der Waals surface area contributed by atoms with Gasteiger partial charge in [0.05, 0.1) is 11.4 Å². The van der Waals surface area contributed by atoms with Gasteiger partial charge in [-0.1, -0.05) is 0 Å². The lowest BCUT2D eigenvalue weighted by Gasteiger charge is -2.34. The van der Waals surface area contributed by atoms with Gasteiger partial charge in [0.2, 0.25) is 10.0 Å². The van der Waals surface area contributed by atoms with E-state index in [1.54, 1.807) is 6.92 Å². The van der Waals surface area contributed by atoms with Crippen molar-refractivity contribution in [3.63, 3.8) is 0 Å². The molecule has 1 fully saturated rings. The van der Waals surface area contributed by atoms with Gasteiger partial charge in [-0.05, 0) is 25.4 Å². The van der Waals surface area contributed by atoms with Gasteiger partial charge in [0.25, 0.3) is 0 Å². The van der Waals surface area contributed by atoms with E-state index in [-0.39, 0.29) is 5.75 Å². The third-order valence-electron chi connectivity index (χ3n) is 3.24. The summed E-state index contributed by atoms with van der Waals surface area (Å²) in [4.78, 5) is 2.05. The van der Waals surface area contributed by atoms with Crippen LogP contribution in [-0.2, 0) is 10.0 Å². The lowest BCUT2D eigenvalue weighted by Crippen LogP contribution is -2.49. The molecule has 0 spiro atoms. The Kier molecular flexibility index (Phi) is 4.08. The Morgan fingerprint density at radius 1 is 1.37 bits per heavy atom. The topological polar surface area (TPSA) is 77.3 Å². The van der Waals surface area contributed by atoms with Crippen LogP contribution in [0, 0.1) is 18.3 Å². The third-order valence-corrected chi connectivity index (χ3v) is 6.12. The maximum atomic E-state index is 11.8.